The third-order valence-corrected chi connectivity index (χ3v) is 6.73. The molecule has 1 unspecified atom stereocenters. The topological polar surface area (TPSA) is 49.2 Å². The Hall–Kier alpha value is -2.27. The molecule has 29 heavy (non-hydrogen) atoms. The third kappa shape index (κ3) is 3.93. The zero-order valence-corrected chi connectivity index (χ0v) is 17.9. The molecular weight excluding hydrogens is 366 g/mol. The number of methoxy groups -OCH3 is 1. The lowest BCUT2D eigenvalue weighted by atomic mass is 9.81. The number of ketones is 1. The van der Waals surface area contributed by atoms with Crippen LogP contribution in [0.1, 0.15) is 50.3 Å². The lowest BCUT2D eigenvalue weighted by Crippen LogP contribution is -3.10. The van der Waals surface area contributed by atoms with E-state index in [0.717, 1.165) is 42.9 Å². The van der Waals surface area contributed by atoms with Crippen LogP contribution in [0.25, 0.3) is 0 Å². The van der Waals surface area contributed by atoms with E-state index in [1.165, 1.54) is 16.0 Å². The van der Waals surface area contributed by atoms with E-state index in [0.29, 0.717) is 24.0 Å². The fourth-order valence-corrected chi connectivity index (χ4v) is 4.98. The molecule has 4 atom stereocenters. The Morgan fingerprint density at radius 3 is 2.97 bits per heavy atom. The average molecular weight is 399 g/mol. The van der Waals surface area contributed by atoms with Crippen molar-refractivity contribution in [3.8, 4) is 17.2 Å². The third-order valence-electron chi connectivity index (χ3n) is 6.73. The van der Waals surface area contributed by atoms with Gasteiger partial charge >= 0.3 is 0 Å². The Kier molecular flexibility index (Phi) is 5.68. The summed E-state index contributed by atoms with van der Waals surface area (Å²) in [7, 11) is 3.83. The van der Waals surface area contributed by atoms with Crippen LogP contribution >= 0.6 is 0 Å². The van der Waals surface area contributed by atoms with Crippen LogP contribution in [0.15, 0.2) is 29.9 Å². The van der Waals surface area contributed by atoms with E-state index < -0.39 is 0 Å². The second-order valence-corrected chi connectivity index (χ2v) is 8.78. The van der Waals surface area contributed by atoms with Crippen LogP contribution in [0.5, 0.6) is 17.2 Å². The molecule has 4 rings (SSSR count). The number of nitrogens with one attached hydrogen (secondary N) is 1. The molecule has 3 aliphatic rings. The monoisotopic (exact) mass is 398 g/mol. The summed E-state index contributed by atoms with van der Waals surface area (Å²) in [5, 5.41) is 0. The smallest absolute Gasteiger partial charge is 0.231 e. The van der Waals surface area contributed by atoms with Gasteiger partial charge in [0.2, 0.25) is 12.5 Å². The zero-order chi connectivity index (χ0) is 20.5. The summed E-state index contributed by atoms with van der Waals surface area (Å²) in [6.45, 7) is 5.68. The van der Waals surface area contributed by atoms with Crippen molar-refractivity contribution >= 4 is 5.78 Å². The first kappa shape index (κ1) is 20.0. The fourth-order valence-electron chi connectivity index (χ4n) is 4.98. The lowest BCUT2D eigenvalue weighted by molar-refractivity contribution is -0.914. The SMILES string of the molecule is COc1c2c(cc3c1[C@@H](CC(=O)/C=C/[C@H]1CC=C(C)C[C@H]1C)[NH+](C)CC3)OCO2. The summed E-state index contributed by atoms with van der Waals surface area (Å²) in [5.74, 6) is 3.38. The van der Waals surface area contributed by atoms with Crippen molar-refractivity contribution in [2.24, 2.45) is 11.8 Å². The van der Waals surface area contributed by atoms with E-state index >= 15 is 0 Å². The molecule has 1 aromatic rings. The number of benzene rings is 1. The van der Waals surface area contributed by atoms with Crippen molar-refractivity contribution < 1.29 is 23.9 Å². The molecule has 2 heterocycles. The summed E-state index contributed by atoms with van der Waals surface area (Å²) in [4.78, 5) is 14.2. The molecule has 0 spiro atoms. The molecule has 0 saturated heterocycles. The van der Waals surface area contributed by atoms with Crippen LogP contribution in [0, 0.1) is 11.8 Å². The summed E-state index contributed by atoms with van der Waals surface area (Å²) < 4.78 is 17.0. The van der Waals surface area contributed by atoms with Crippen molar-refractivity contribution in [2.75, 3.05) is 27.5 Å². The molecule has 0 saturated carbocycles. The van der Waals surface area contributed by atoms with Gasteiger partial charge < -0.3 is 19.1 Å². The minimum Gasteiger partial charge on any atom is -0.492 e. The highest BCUT2D eigenvalue weighted by Crippen LogP contribution is 2.47. The van der Waals surface area contributed by atoms with Crippen molar-refractivity contribution in [1.82, 2.24) is 0 Å². The Labute approximate surface area is 173 Å². The lowest BCUT2D eigenvalue weighted by Gasteiger charge is -2.32. The van der Waals surface area contributed by atoms with Gasteiger partial charge in [-0.2, -0.15) is 0 Å². The Morgan fingerprint density at radius 2 is 2.21 bits per heavy atom. The summed E-state index contributed by atoms with van der Waals surface area (Å²) in [5.41, 5.74) is 3.77. The van der Waals surface area contributed by atoms with Crippen molar-refractivity contribution in [2.45, 2.75) is 45.6 Å². The second-order valence-electron chi connectivity index (χ2n) is 8.78. The van der Waals surface area contributed by atoms with Crippen LogP contribution in [0.2, 0.25) is 0 Å². The number of carbonyl (C=O) groups excluding carboxylic acids is 1. The first-order chi connectivity index (χ1) is 14.0. The van der Waals surface area contributed by atoms with Gasteiger partial charge in [0.25, 0.3) is 0 Å². The number of likely N-dealkylation sites (N-methyl/N-ethyl adjacent to an activating group) is 1. The number of fused-ring (bicyclic) bond motifs is 2. The molecule has 156 valence electrons. The maximum Gasteiger partial charge on any atom is 0.231 e. The maximum atomic E-state index is 12.9. The summed E-state index contributed by atoms with van der Waals surface area (Å²) >= 11 is 0. The van der Waals surface area contributed by atoms with Gasteiger partial charge in [0, 0.05) is 6.42 Å². The normalized spacial score (nSPS) is 28.2. The van der Waals surface area contributed by atoms with Gasteiger partial charge in [-0.05, 0) is 49.3 Å². The van der Waals surface area contributed by atoms with Gasteiger partial charge in [-0.15, -0.1) is 0 Å². The Balaban J connectivity index is 1.55. The van der Waals surface area contributed by atoms with Crippen LogP contribution in [-0.4, -0.2) is 33.3 Å². The highest BCUT2D eigenvalue weighted by molar-refractivity contribution is 5.90. The zero-order valence-electron chi connectivity index (χ0n) is 17.9. The second kappa shape index (κ2) is 8.23. The van der Waals surface area contributed by atoms with Gasteiger partial charge in [-0.25, -0.2) is 0 Å². The number of quaternary nitrogens is 1. The number of ether oxygens (including phenoxy) is 3. The van der Waals surface area contributed by atoms with Crippen molar-refractivity contribution in [3.05, 3.63) is 41.0 Å². The molecule has 0 radical (unpaired) electrons. The first-order valence-corrected chi connectivity index (χ1v) is 10.7. The highest BCUT2D eigenvalue weighted by atomic mass is 16.7. The molecule has 0 amide bonds. The van der Waals surface area contributed by atoms with Crippen LogP contribution in [0.3, 0.4) is 0 Å². The number of rotatable bonds is 5. The molecule has 0 aromatic heterocycles. The van der Waals surface area contributed by atoms with Gasteiger partial charge in [-0.1, -0.05) is 24.6 Å². The standard InChI is InChI=1S/C24H31NO4/c1-15-5-6-17(16(2)11-15)7-8-19(26)13-20-22-18(9-10-25(20)3)12-21-23(24(22)27-4)29-14-28-21/h5,7-8,12,16-17,20H,6,9-11,13-14H2,1-4H3/p+1/b8-7+/t16-,17-,20-/m1/s1. The molecule has 0 fully saturated rings. The minimum atomic E-state index is 0.0614. The van der Waals surface area contributed by atoms with Crippen molar-refractivity contribution in [3.63, 3.8) is 0 Å². The number of hydrogen-bond acceptors (Lipinski definition) is 4. The summed E-state index contributed by atoms with van der Waals surface area (Å²) in [6, 6.07) is 2.13. The minimum absolute atomic E-state index is 0.0614. The van der Waals surface area contributed by atoms with E-state index in [1.807, 2.05) is 6.08 Å². The van der Waals surface area contributed by atoms with Gasteiger partial charge in [-0.3, -0.25) is 4.79 Å². The van der Waals surface area contributed by atoms with Gasteiger partial charge in [0.1, 0.15) is 6.04 Å². The van der Waals surface area contributed by atoms with Gasteiger partial charge in [0.15, 0.2) is 17.3 Å². The number of hydrogen-bond donors (Lipinski definition) is 1. The summed E-state index contributed by atoms with van der Waals surface area (Å²) in [6.07, 6.45) is 9.83. The van der Waals surface area contributed by atoms with E-state index in [4.69, 9.17) is 14.2 Å². The highest BCUT2D eigenvalue weighted by Gasteiger charge is 2.37. The molecular formula is C24H32NO4+. The maximum absolute atomic E-state index is 12.9. The van der Waals surface area contributed by atoms with Crippen LogP contribution in [0.4, 0.5) is 0 Å². The predicted molar refractivity (Wildman–Crippen MR) is 112 cm³/mol. The van der Waals surface area contributed by atoms with Crippen LogP contribution in [-0.2, 0) is 11.2 Å². The number of carbonyl (C=O) groups is 1. The Morgan fingerprint density at radius 1 is 1.38 bits per heavy atom. The molecule has 0 bridgehead atoms. The van der Waals surface area contributed by atoms with E-state index in [9.17, 15) is 4.79 Å². The fraction of sp³-hybridized carbons (Fsp3) is 0.542. The average Bonchev–Trinajstić information content (AvgIpc) is 3.16. The van der Waals surface area contributed by atoms with Crippen LogP contribution < -0.4 is 19.1 Å². The van der Waals surface area contributed by atoms with E-state index in [-0.39, 0.29) is 18.6 Å². The quantitative estimate of drug-likeness (QED) is 0.612. The molecule has 1 aliphatic carbocycles. The molecule has 5 nitrogen and oxygen atoms in total. The molecule has 2 aliphatic heterocycles. The first-order valence-electron chi connectivity index (χ1n) is 10.7. The Bertz CT molecular complexity index is 857. The van der Waals surface area contributed by atoms with E-state index in [2.05, 4.69) is 39.1 Å². The van der Waals surface area contributed by atoms with Gasteiger partial charge in [0.05, 0.1) is 32.7 Å². The molecule has 5 heteroatoms. The molecule has 1 aromatic carbocycles. The van der Waals surface area contributed by atoms with E-state index in [1.54, 1.807) is 7.11 Å². The van der Waals surface area contributed by atoms with Crippen molar-refractivity contribution in [1.29, 1.82) is 0 Å². The number of allylic oxidation sites excluding steroid dienone is 4. The largest absolute Gasteiger partial charge is 0.492 e. The molecule has 1 N–H and O–H groups in total. The predicted octanol–water partition coefficient (Wildman–Crippen LogP) is 3.04.